The van der Waals surface area contributed by atoms with Gasteiger partial charge in [0.05, 0.1) is 17.2 Å². The first-order chi connectivity index (χ1) is 12.9. The minimum absolute atomic E-state index is 0.0957. The second-order valence-corrected chi connectivity index (χ2v) is 5.36. The molecule has 2 aromatic rings. The number of ether oxygens (including phenoxy) is 1. The summed E-state index contributed by atoms with van der Waals surface area (Å²) in [7, 11) is 0. The summed E-state index contributed by atoms with van der Waals surface area (Å²) in [5, 5.41) is 17.0. The first-order valence-electron chi connectivity index (χ1n) is 8.04. The van der Waals surface area contributed by atoms with Crippen LogP contribution in [0.3, 0.4) is 0 Å². The summed E-state index contributed by atoms with van der Waals surface area (Å²) in [4.78, 5) is 34.0. The van der Waals surface area contributed by atoms with E-state index in [1.54, 1.807) is 37.3 Å². The summed E-state index contributed by atoms with van der Waals surface area (Å²) in [6.45, 7) is 3.94. The Bertz CT molecular complexity index is 878. The molecule has 2 aromatic carbocycles. The Hall–Kier alpha value is -3.75. The number of non-ortho nitro benzene ring substituents is 1. The highest BCUT2D eigenvalue weighted by molar-refractivity contribution is 6.39. The topological polar surface area (TPSA) is 123 Å². The number of hydrogen-bond donors (Lipinski definition) is 2. The molecule has 0 saturated carbocycles. The summed E-state index contributed by atoms with van der Waals surface area (Å²) in [6, 6.07) is 12.3. The molecule has 0 heterocycles. The van der Waals surface area contributed by atoms with E-state index in [1.165, 1.54) is 18.2 Å². The van der Waals surface area contributed by atoms with Crippen LogP contribution in [0.2, 0.25) is 0 Å². The molecule has 0 aliphatic rings. The van der Waals surface area contributed by atoms with Crippen LogP contribution in [0.4, 0.5) is 11.4 Å². The van der Waals surface area contributed by atoms with Crippen LogP contribution in [0.25, 0.3) is 0 Å². The highest BCUT2D eigenvalue weighted by atomic mass is 16.6. The van der Waals surface area contributed by atoms with Gasteiger partial charge in [-0.15, -0.1) is 0 Å². The predicted octanol–water partition coefficient (Wildman–Crippen LogP) is 2.47. The van der Waals surface area contributed by atoms with E-state index < -0.39 is 16.7 Å². The normalized spacial score (nSPS) is 10.8. The van der Waals surface area contributed by atoms with Gasteiger partial charge in [0.15, 0.2) is 0 Å². The van der Waals surface area contributed by atoms with Gasteiger partial charge in [-0.05, 0) is 38.1 Å². The molecule has 0 radical (unpaired) electrons. The number of carbonyl (C=O) groups is 2. The number of hydrazone groups is 1. The van der Waals surface area contributed by atoms with Crippen LogP contribution in [0.15, 0.2) is 53.6 Å². The number of hydrogen-bond acceptors (Lipinski definition) is 6. The summed E-state index contributed by atoms with van der Waals surface area (Å²) >= 11 is 0. The maximum absolute atomic E-state index is 11.9. The average molecular weight is 370 g/mol. The SMILES string of the molecule is CCOc1ccc(NC(=O)C(=O)NN=C(C)c2cccc([N+](=O)[O-])c2)cc1. The zero-order valence-electron chi connectivity index (χ0n) is 14.8. The summed E-state index contributed by atoms with van der Waals surface area (Å²) in [5.41, 5.74) is 3.23. The highest BCUT2D eigenvalue weighted by Crippen LogP contribution is 2.15. The van der Waals surface area contributed by atoms with Crippen LogP contribution in [-0.4, -0.2) is 29.1 Å². The number of amides is 2. The van der Waals surface area contributed by atoms with Crippen LogP contribution in [0.1, 0.15) is 19.4 Å². The van der Waals surface area contributed by atoms with Gasteiger partial charge >= 0.3 is 11.8 Å². The van der Waals surface area contributed by atoms with Gasteiger partial charge in [-0.3, -0.25) is 19.7 Å². The Morgan fingerprint density at radius 1 is 1.15 bits per heavy atom. The summed E-state index contributed by atoms with van der Waals surface area (Å²) in [5.74, 6) is -1.21. The fraction of sp³-hybridized carbons (Fsp3) is 0.167. The standard InChI is InChI=1S/C18H18N4O5/c1-3-27-16-9-7-14(8-10-16)19-17(23)18(24)21-20-12(2)13-5-4-6-15(11-13)22(25)26/h4-11H,3H2,1-2H3,(H,19,23)(H,21,24). The Labute approximate surface area is 155 Å². The van der Waals surface area contributed by atoms with Crippen molar-refractivity contribution in [3.63, 3.8) is 0 Å². The Kier molecular flexibility index (Phi) is 6.59. The molecule has 0 unspecified atom stereocenters. The van der Waals surface area contributed by atoms with Crippen LogP contribution >= 0.6 is 0 Å². The van der Waals surface area contributed by atoms with E-state index in [9.17, 15) is 19.7 Å². The first kappa shape index (κ1) is 19.6. The van der Waals surface area contributed by atoms with E-state index in [2.05, 4.69) is 15.8 Å². The van der Waals surface area contributed by atoms with Crippen molar-refractivity contribution in [3.05, 3.63) is 64.2 Å². The third-order valence-corrected chi connectivity index (χ3v) is 3.43. The van der Waals surface area contributed by atoms with Crippen LogP contribution in [-0.2, 0) is 9.59 Å². The molecule has 0 saturated heterocycles. The quantitative estimate of drug-likeness (QED) is 0.350. The zero-order chi connectivity index (χ0) is 19.8. The monoisotopic (exact) mass is 370 g/mol. The molecule has 0 aliphatic heterocycles. The van der Waals surface area contributed by atoms with Crippen molar-refractivity contribution in [3.8, 4) is 5.75 Å². The fourth-order valence-electron chi connectivity index (χ4n) is 2.08. The van der Waals surface area contributed by atoms with E-state index in [-0.39, 0.29) is 5.69 Å². The zero-order valence-corrected chi connectivity index (χ0v) is 14.8. The van der Waals surface area contributed by atoms with Gasteiger partial charge in [0.2, 0.25) is 0 Å². The number of nitro groups is 1. The van der Waals surface area contributed by atoms with Crippen molar-refractivity contribution in [1.29, 1.82) is 0 Å². The summed E-state index contributed by atoms with van der Waals surface area (Å²) < 4.78 is 5.29. The molecule has 0 bridgehead atoms. The van der Waals surface area contributed by atoms with Crippen LogP contribution < -0.4 is 15.5 Å². The number of carbonyl (C=O) groups excluding carboxylic acids is 2. The van der Waals surface area contributed by atoms with Crippen molar-refractivity contribution >= 4 is 28.9 Å². The van der Waals surface area contributed by atoms with Gasteiger partial charge < -0.3 is 10.1 Å². The first-order valence-corrected chi connectivity index (χ1v) is 8.04. The Morgan fingerprint density at radius 2 is 1.85 bits per heavy atom. The molecule has 140 valence electrons. The summed E-state index contributed by atoms with van der Waals surface area (Å²) in [6.07, 6.45) is 0. The van der Waals surface area contributed by atoms with Crippen molar-refractivity contribution in [2.45, 2.75) is 13.8 Å². The predicted molar refractivity (Wildman–Crippen MR) is 99.7 cm³/mol. The molecule has 0 atom stereocenters. The second kappa shape index (κ2) is 9.09. The van der Waals surface area contributed by atoms with Gasteiger partial charge in [-0.1, -0.05) is 12.1 Å². The molecule has 9 nitrogen and oxygen atoms in total. The molecule has 2 N–H and O–H groups in total. The fourth-order valence-corrected chi connectivity index (χ4v) is 2.08. The van der Waals surface area contributed by atoms with E-state index in [1.807, 2.05) is 6.92 Å². The lowest BCUT2D eigenvalue weighted by molar-refractivity contribution is -0.384. The highest BCUT2D eigenvalue weighted by Gasteiger charge is 2.14. The van der Waals surface area contributed by atoms with Gasteiger partial charge in [-0.2, -0.15) is 5.10 Å². The van der Waals surface area contributed by atoms with E-state index in [0.717, 1.165) is 0 Å². The molecule has 27 heavy (non-hydrogen) atoms. The maximum Gasteiger partial charge on any atom is 0.329 e. The minimum atomic E-state index is -0.964. The van der Waals surface area contributed by atoms with Crippen molar-refractivity contribution in [1.82, 2.24) is 5.43 Å². The average Bonchev–Trinajstić information content (AvgIpc) is 2.67. The second-order valence-electron chi connectivity index (χ2n) is 5.36. The van der Waals surface area contributed by atoms with E-state index >= 15 is 0 Å². The molecular formula is C18H18N4O5. The minimum Gasteiger partial charge on any atom is -0.494 e. The largest absolute Gasteiger partial charge is 0.494 e. The van der Waals surface area contributed by atoms with Crippen molar-refractivity contribution < 1.29 is 19.2 Å². The number of nitrogens with one attached hydrogen (secondary N) is 2. The molecule has 2 rings (SSSR count). The van der Waals surface area contributed by atoms with Gasteiger partial charge in [0.25, 0.3) is 5.69 Å². The lowest BCUT2D eigenvalue weighted by Gasteiger charge is -2.06. The number of rotatable bonds is 6. The van der Waals surface area contributed by atoms with E-state index in [4.69, 9.17) is 4.74 Å². The van der Waals surface area contributed by atoms with Crippen LogP contribution in [0, 0.1) is 10.1 Å². The van der Waals surface area contributed by atoms with Gasteiger partial charge in [0.1, 0.15) is 5.75 Å². The van der Waals surface area contributed by atoms with Gasteiger partial charge in [0, 0.05) is 23.4 Å². The van der Waals surface area contributed by atoms with E-state index in [0.29, 0.717) is 29.3 Å². The molecule has 0 aliphatic carbocycles. The molecule has 9 heteroatoms. The van der Waals surface area contributed by atoms with Crippen molar-refractivity contribution in [2.24, 2.45) is 5.10 Å². The molecule has 0 aromatic heterocycles. The lowest BCUT2D eigenvalue weighted by Crippen LogP contribution is -2.32. The van der Waals surface area contributed by atoms with Gasteiger partial charge in [-0.25, -0.2) is 5.43 Å². The molecular weight excluding hydrogens is 352 g/mol. The maximum atomic E-state index is 11.9. The third kappa shape index (κ3) is 5.63. The number of nitrogens with zero attached hydrogens (tertiary/aromatic N) is 2. The third-order valence-electron chi connectivity index (χ3n) is 3.43. The molecule has 0 fully saturated rings. The lowest BCUT2D eigenvalue weighted by atomic mass is 10.1. The number of nitro benzene ring substituents is 1. The Morgan fingerprint density at radius 3 is 2.48 bits per heavy atom. The van der Waals surface area contributed by atoms with Crippen LogP contribution in [0.5, 0.6) is 5.75 Å². The number of anilines is 1. The molecule has 2 amide bonds. The Balaban J connectivity index is 1.97. The van der Waals surface area contributed by atoms with Crippen molar-refractivity contribution in [2.75, 3.05) is 11.9 Å². The molecule has 0 spiro atoms. The number of benzene rings is 2. The smallest absolute Gasteiger partial charge is 0.329 e.